The van der Waals surface area contributed by atoms with Gasteiger partial charge in [-0.1, -0.05) is 0 Å². The molecule has 2 rings (SSSR count). The Morgan fingerprint density at radius 2 is 1.95 bits per heavy atom. The Kier molecular flexibility index (Phi) is 3.24. The number of alkyl halides is 3. The number of aromatic nitrogens is 1. The highest BCUT2D eigenvalue weighted by Crippen LogP contribution is 2.36. The van der Waals surface area contributed by atoms with E-state index in [0.29, 0.717) is 0 Å². The fourth-order valence-electron chi connectivity index (χ4n) is 2.04. The van der Waals surface area contributed by atoms with Gasteiger partial charge in [0.05, 0.1) is 29.5 Å². The van der Waals surface area contributed by atoms with Crippen LogP contribution < -0.4 is 0 Å². The van der Waals surface area contributed by atoms with Crippen molar-refractivity contribution in [3.63, 3.8) is 0 Å². The molecular weight excluding hydrogens is 273 g/mol. The summed E-state index contributed by atoms with van der Waals surface area (Å²) in [5.74, 6) is 0. The van der Waals surface area contributed by atoms with Crippen LogP contribution in [0.5, 0.6) is 0 Å². The summed E-state index contributed by atoms with van der Waals surface area (Å²) in [5.41, 5.74) is -2.48. The molecule has 0 saturated heterocycles. The van der Waals surface area contributed by atoms with Crippen LogP contribution in [-0.4, -0.2) is 21.4 Å². The van der Waals surface area contributed by atoms with Crippen LogP contribution in [0, 0.1) is 11.3 Å². The van der Waals surface area contributed by atoms with E-state index in [1.807, 2.05) is 6.07 Å². The monoisotopic (exact) mass is 284 g/mol. The van der Waals surface area contributed by atoms with Crippen molar-refractivity contribution >= 4 is 10.9 Å². The fourth-order valence-corrected chi connectivity index (χ4v) is 2.04. The van der Waals surface area contributed by atoms with E-state index < -0.39 is 24.2 Å². The van der Waals surface area contributed by atoms with Crippen LogP contribution in [0.15, 0.2) is 24.3 Å². The molecule has 7 heteroatoms. The number of halogens is 3. The van der Waals surface area contributed by atoms with Gasteiger partial charge < -0.3 is 10.2 Å². The summed E-state index contributed by atoms with van der Waals surface area (Å²) in [5, 5.41) is 28.0. The zero-order valence-electron chi connectivity index (χ0n) is 10.4. The maximum Gasteiger partial charge on any atom is 0.489 e. The summed E-state index contributed by atoms with van der Waals surface area (Å²) in [4.78, 5) is 0. The number of hydrogen-bond acceptors (Lipinski definition) is 3. The van der Waals surface area contributed by atoms with Crippen LogP contribution >= 0.6 is 0 Å². The van der Waals surface area contributed by atoms with Gasteiger partial charge in [0.25, 0.3) is 0 Å². The molecule has 2 aromatic rings. The van der Waals surface area contributed by atoms with Crippen molar-refractivity contribution in [2.45, 2.75) is 18.8 Å². The summed E-state index contributed by atoms with van der Waals surface area (Å²) in [6.45, 7) is 0.235. The van der Waals surface area contributed by atoms with Crippen molar-refractivity contribution in [1.29, 1.82) is 5.26 Å². The lowest BCUT2D eigenvalue weighted by molar-refractivity contribution is -0.206. The highest BCUT2D eigenvalue weighted by atomic mass is 19.4. The van der Waals surface area contributed by atoms with Gasteiger partial charge in [-0.25, -0.2) is 0 Å². The Hall–Kier alpha value is -2.04. The Bertz CT molecular complexity index is 696. The molecule has 0 amide bonds. The highest BCUT2D eigenvalue weighted by molar-refractivity contribution is 5.83. The van der Waals surface area contributed by atoms with E-state index in [-0.39, 0.29) is 21.0 Å². The van der Waals surface area contributed by atoms with Crippen molar-refractivity contribution in [3.8, 4) is 6.07 Å². The first-order valence-corrected chi connectivity index (χ1v) is 5.67. The van der Waals surface area contributed by atoms with Crippen LogP contribution in [0.25, 0.3) is 10.9 Å². The van der Waals surface area contributed by atoms with E-state index in [2.05, 4.69) is 0 Å². The van der Waals surface area contributed by atoms with E-state index >= 15 is 0 Å². The van der Waals surface area contributed by atoms with Crippen LogP contribution in [-0.2, 0) is 11.9 Å². The number of fused-ring (bicyclic) bond motifs is 1. The minimum Gasteiger partial charge on any atom is -0.393 e. The maximum atomic E-state index is 13.2. The van der Waals surface area contributed by atoms with Gasteiger partial charge in [-0.15, -0.1) is 13.2 Å². The first kappa shape index (κ1) is 14.4. The molecule has 0 bridgehead atoms. The molecule has 0 aliphatic rings. The Morgan fingerprint density at radius 1 is 1.30 bits per heavy atom. The molecule has 0 aliphatic carbocycles. The Morgan fingerprint density at radius 3 is 2.45 bits per heavy atom. The topological polar surface area (TPSA) is 69.2 Å². The molecule has 1 aromatic carbocycles. The van der Waals surface area contributed by atoms with Crippen molar-refractivity contribution in [2.24, 2.45) is 0 Å². The normalized spacial score (nSPS) is 15.1. The molecule has 0 saturated carbocycles. The van der Waals surface area contributed by atoms with Crippen molar-refractivity contribution < 1.29 is 23.4 Å². The molecule has 0 radical (unpaired) electrons. The minimum atomic E-state index is -4.75. The molecule has 20 heavy (non-hydrogen) atoms. The molecule has 1 aromatic heterocycles. The largest absolute Gasteiger partial charge is 0.489 e. The lowest BCUT2D eigenvalue weighted by atomic mass is 10.0. The van der Waals surface area contributed by atoms with Crippen molar-refractivity contribution in [3.05, 3.63) is 35.5 Å². The zero-order chi connectivity index (χ0) is 15.1. The molecule has 4 nitrogen and oxygen atoms in total. The summed E-state index contributed by atoms with van der Waals surface area (Å²) in [6.07, 6.45) is -4.75. The van der Waals surface area contributed by atoms with Crippen molar-refractivity contribution in [1.82, 2.24) is 4.57 Å². The molecular formula is C13H11F3N2O2. The van der Waals surface area contributed by atoms with E-state index in [9.17, 15) is 18.3 Å². The SMILES string of the molecule is CC(O)(CO)c1cc2cc(C#N)ccc2n1C(F)(F)F. The second kappa shape index (κ2) is 4.51. The number of aliphatic hydroxyl groups is 2. The summed E-state index contributed by atoms with van der Waals surface area (Å²) in [7, 11) is 0. The van der Waals surface area contributed by atoms with Crippen molar-refractivity contribution in [2.75, 3.05) is 6.61 Å². The average Bonchev–Trinajstić information content (AvgIpc) is 2.77. The van der Waals surface area contributed by atoms with E-state index in [0.717, 1.165) is 13.0 Å². The lowest BCUT2D eigenvalue weighted by Gasteiger charge is -2.24. The Balaban J connectivity index is 2.84. The fraction of sp³-hybridized carbons (Fsp3) is 0.308. The number of benzene rings is 1. The second-order valence-corrected chi connectivity index (χ2v) is 4.65. The number of aliphatic hydroxyl groups excluding tert-OH is 1. The molecule has 0 fully saturated rings. The zero-order valence-corrected chi connectivity index (χ0v) is 10.4. The van der Waals surface area contributed by atoms with Crippen LogP contribution in [0.3, 0.4) is 0 Å². The molecule has 1 heterocycles. The average molecular weight is 284 g/mol. The number of nitrogens with zero attached hydrogens (tertiary/aromatic N) is 2. The van der Waals surface area contributed by atoms with Crippen LogP contribution in [0.1, 0.15) is 18.2 Å². The molecule has 2 N–H and O–H groups in total. The Labute approximate surface area is 112 Å². The van der Waals surface area contributed by atoms with E-state index in [1.165, 1.54) is 18.2 Å². The van der Waals surface area contributed by atoms with Gasteiger partial charge in [-0.3, -0.25) is 4.57 Å². The molecule has 0 spiro atoms. The van der Waals surface area contributed by atoms with Crippen LogP contribution in [0.4, 0.5) is 13.2 Å². The third kappa shape index (κ3) is 2.24. The van der Waals surface area contributed by atoms with Gasteiger partial charge in [0, 0.05) is 5.39 Å². The summed E-state index contributed by atoms with van der Waals surface area (Å²) >= 11 is 0. The van der Waals surface area contributed by atoms with Gasteiger partial charge in [-0.05, 0) is 31.2 Å². The third-order valence-electron chi connectivity index (χ3n) is 3.04. The number of rotatable bonds is 2. The predicted molar refractivity (Wildman–Crippen MR) is 64.6 cm³/mol. The highest BCUT2D eigenvalue weighted by Gasteiger charge is 2.39. The van der Waals surface area contributed by atoms with Gasteiger partial charge in [0.15, 0.2) is 0 Å². The minimum absolute atomic E-state index is 0.0136. The smallest absolute Gasteiger partial charge is 0.393 e. The molecule has 1 atom stereocenters. The van der Waals surface area contributed by atoms with Gasteiger partial charge in [0.2, 0.25) is 0 Å². The van der Waals surface area contributed by atoms with E-state index in [1.54, 1.807) is 0 Å². The third-order valence-corrected chi connectivity index (χ3v) is 3.04. The summed E-state index contributed by atoms with van der Waals surface area (Å²) < 4.78 is 39.5. The van der Waals surface area contributed by atoms with Gasteiger partial charge in [-0.2, -0.15) is 5.26 Å². The first-order valence-electron chi connectivity index (χ1n) is 5.67. The standard InChI is InChI=1S/C13H11F3N2O2/c1-12(20,7-19)11-5-9-4-8(6-17)2-3-10(9)18(11)13(14,15)16/h2-5,19-20H,7H2,1H3. The number of hydrogen-bond donors (Lipinski definition) is 2. The lowest BCUT2D eigenvalue weighted by Crippen LogP contribution is -2.32. The first-order chi connectivity index (χ1) is 9.20. The van der Waals surface area contributed by atoms with Gasteiger partial charge in [0.1, 0.15) is 5.60 Å². The maximum absolute atomic E-state index is 13.2. The van der Waals surface area contributed by atoms with Gasteiger partial charge >= 0.3 is 6.30 Å². The molecule has 1 unspecified atom stereocenters. The quantitative estimate of drug-likeness (QED) is 0.888. The molecule has 0 aliphatic heterocycles. The number of nitriles is 1. The van der Waals surface area contributed by atoms with Crippen LogP contribution in [0.2, 0.25) is 0 Å². The predicted octanol–water partition coefficient (Wildman–Crippen LogP) is 2.19. The molecule has 106 valence electrons. The van der Waals surface area contributed by atoms with E-state index in [4.69, 9.17) is 10.4 Å². The summed E-state index contributed by atoms with van der Waals surface area (Å²) in [6, 6.07) is 6.69. The second-order valence-electron chi connectivity index (χ2n) is 4.65.